The van der Waals surface area contributed by atoms with E-state index >= 15 is 0 Å². The van der Waals surface area contributed by atoms with Gasteiger partial charge < -0.3 is 20.1 Å². The van der Waals surface area contributed by atoms with Gasteiger partial charge in [0.25, 0.3) is 5.91 Å². The molecule has 0 saturated heterocycles. The molecule has 4 rings (SSSR count). The van der Waals surface area contributed by atoms with Gasteiger partial charge in [-0.15, -0.1) is 0 Å². The van der Waals surface area contributed by atoms with Crippen molar-refractivity contribution in [2.24, 2.45) is 0 Å². The number of benzene rings is 2. The monoisotopic (exact) mass is 402 g/mol. The van der Waals surface area contributed by atoms with Crippen LogP contribution in [0.3, 0.4) is 0 Å². The van der Waals surface area contributed by atoms with E-state index in [1.54, 1.807) is 6.07 Å². The lowest BCUT2D eigenvalue weighted by Gasteiger charge is -2.11. The van der Waals surface area contributed by atoms with E-state index in [0.717, 1.165) is 18.4 Å². The molecule has 1 aliphatic rings. The number of hydrogen-bond acceptors (Lipinski definition) is 5. The Morgan fingerprint density at radius 1 is 1.13 bits per heavy atom. The molecule has 0 atom stereocenters. The lowest BCUT2D eigenvalue weighted by Crippen LogP contribution is -2.26. The third-order valence-electron chi connectivity index (χ3n) is 4.94. The molecule has 6 nitrogen and oxygen atoms in total. The maximum Gasteiger partial charge on any atom is 0.275 e. The van der Waals surface area contributed by atoms with Crippen LogP contribution in [0.25, 0.3) is 11.3 Å². The van der Waals surface area contributed by atoms with Crippen molar-refractivity contribution in [2.75, 3.05) is 0 Å². The first kappa shape index (κ1) is 19.6. The van der Waals surface area contributed by atoms with Crippen LogP contribution in [0, 0.1) is 11.8 Å². The lowest BCUT2D eigenvalue weighted by atomic mass is 9.96. The summed E-state index contributed by atoms with van der Waals surface area (Å²) in [4.78, 5) is 12.7. The summed E-state index contributed by atoms with van der Waals surface area (Å²) in [5.74, 6) is 5.70. The Balaban J connectivity index is 1.84. The van der Waals surface area contributed by atoms with Crippen LogP contribution in [0.5, 0.6) is 11.5 Å². The lowest BCUT2D eigenvalue weighted by molar-refractivity contribution is 0.0942. The number of phenolic OH excluding ortho intramolecular Hbond substituents is 2. The van der Waals surface area contributed by atoms with E-state index < -0.39 is 0 Å². The maximum absolute atomic E-state index is 12.7. The Bertz CT molecular complexity index is 1150. The molecule has 1 heterocycles. The summed E-state index contributed by atoms with van der Waals surface area (Å²) in [5, 5.41) is 27.5. The van der Waals surface area contributed by atoms with Gasteiger partial charge in [0.15, 0.2) is 11.5 Å². The number of phenols is 2. The zero-order valence-electron chi connectivity index (χ0n) is 16.8. The van der Waals surface area contributed by atoms with Gasteiger partial charge in [-0.05, 0) is 42.5 Å². The predicted octanol–water partition coefficient (Wildman–Crippen LogP) is 4.17. The van der Waals surface area contributed by atoms with E-state index in [1.807, 2.05) is 44.2 Å². The Kier molecular flexibility index (Phi) is 5.20. The van der Waals surface area contributed by atoms with Gasteiger partial charge in [0.05, 0.1) is 5.56 Å². The van der Waals surface area contributed by atoms with Gasteiger partial charge in [0, 0.05) is 17.7 Å². The van der Waals surface area contributed by atoms with Crippen LogP contribution in [-0.4, -0.2) is 27.3 Å². The van der Waals surface area contributed by atoms with Gasteiger partial charge in [0.1, 0.15) is 17.1 Å². The number of aromatic hydroxyl groups is 2. The van der Waals surface area contributed by atoms with Crippen molar-refractivity contribution in [1.29, 1.82) is 0 Å². The molecule has 1 aromatic heterocycles. The first-order chi connectivity index (χ1) is 14.4. The van der Waals surface area contributed by atoms with Crippen molar-refractivity contribution in [3.05, 3.63) is 64.8 Å². The number of rotatable bonds is 4. The third kappa shape index (κ3) is 4.01. The molecule has 0 radical (unpaired) electrons. The van der Waals surface area contributed by atoms with Gasteiger partial charge in [-0.2, -0.15) is 0 Å². The molecule has 1 aliphatic carbocycles. The molecule has 2 aromatic carbocycles. The van der Waals surface area contributed by atoms with E-state index in [1.165, 1.54) is 6.07 Å². The number of carbonyl (C=O) groups is 1. The number of nitrogens with one attached hydrogen (secondary N) is 1. The van der Waals surface area contributed by atoms with Crippen molar-refractivity contribution in [2.45, 2.75) is 38.6 Å². The van der Waals surface area contributed by atoms with E-state index in [4.69, 9.17) is 4.52 Å². The number of aromatic nitrogens is 1. The van der Waals surface area contributed by atoms with Gasteiger partial charge >= 0.3 is 0 Å². The van der Waals surface area contributed by atoms with Crippen molar-refractivity contribution in [1.82, 2.24) is 10.5 Å². The Morgan fingerprint density at radius 3 is 2.53 bits per heavy atom. The van der Waals surface area contributed by atoms with Crippen molar-refractivity contribution in [3.63, 3.8) is 0 Å². The second-order valence-electron chi connectivity index (χ2n) is 7.68. The molecule has 1 amide bonds. The predicted molar refractivity (Wildman–Crippen MR) is 112 cm³/mol. The van der Waals surface area contributed by atoms with Crippen LogP contribution in [-0.2, 0) is 0 Å². The molecule has 0 spiro atoms. The Morgan fingerprint density at radius 2 is 1.87 bits per heavy atom. The SMILES string of the molecule is CC(C)c1cc(-c2onc(C(=O)NC3CC3)c2C#Cc2ccccc2)c(O)cc1O. The van der Waals surface area contributed by atoms with Crippen LogP contribution in [0.1, 0.15) is 59.8 Å². The summed E-state index contributed by atoms with van der Waals surface area (Å²) in [7, 11) is 0. The average molecular weight is 402 g/mol. The molecule has 3 N–H and O–H groups in total. The molecule has 0 unspecified atom stereocenters. The largest absolute Gasteiger partial charge is 0.508 e. The van der Waals surface area contributed by atoms with E-state index in [-0.39, 0.29) is 40.8 Å². The minimum absolute atomic E-state index is 0.00520. The summed E-state index contributed by atoms with van der Waals surface area (Å²) in [6.07, 6.45) is 1.88. The van der Waals surface area contributed by atoms with Gasteiger partial charge in [-0.25, -0.2) is 0 Å². The Hall–Kier alpha value is -3.72. The normalized spacial score (nSPS) is 13.0. The fraction of sp³-hybridized carbons (Fsp3) is 0.250. The minimum Gasteiger partial charge on any atom is -0.508 e. The summed E-state index contributed by atoms with van der Waals surface area (Å²) >= 11 is 0. The highest BCUT2D eigenvalue weighted by molar-refractivity contribution is 5.97. The standard InChI is InChI=1S/C24H22N2O4/c1-14(2)18-12-19(21(28)13-20(18)27)23-17(11-8-15-6-4-3-5-7-15)22(26-30-23)24(29)25-16-9-10-16/h3-7,12-14,16,27-28H,9-10H2,1-2H3,(H,25,29). The molecular formula is C24H22N2O4. The van der Waals surface area contributed by atoms with Crippen molar-refractivity contribution < 1.29 is 19.5 Å². The second kappa shape index (κ2) is 7.96. The molecule has 0 bridgehead atoms. The van der Waals surface area contributed by atoms with E-state index in [2.05, 4.69) is 22.3 Å². The second-order valence-corrected chi connectivity index (χ2v) is 7.68. The maximum atomic E-state index is 12.7. The van der Waals surface area contributed by atoms with Crippen LogP contribution >= 0.6 is 0 Å². The van der Waals surface area contributed by atoms with Crippen LogP contribution in [0.4, 0.5) is 0 Å². The molecule has 6 heteroatoms. The number of amides is 1. The minimum atomic E-state index is -0.354. The fourth-order valence-electron chi connectivity index (χ4n) is 3.12. The molecule has 30 heavy (non-hydrogen) atoms. The van der Waals surface area contributed by atoms with E-state index in [0.29, 0.717) is 16.7 Å². The zero-order valence-corrected chi connectivity index (χ0v) is 16.8. The summed E-state index contributed by atoms with van der Waals surface area (Å²) in [6, 6.07) is 12.4. The summed E-state index contributed by atoms with van der Waals surface area (Å²) in [5.41, 5.74) is 2.12. The highest BCUT2D eigenvalue weighted by Gasteiger charge is 2.29. The average Bonchev–Trinajstić information content (AvgIpc) is 3.43. The number of carbonyl (C=O) groups excluding carboxylic acids is 1. The van der Waals surface area contributed by atoms with Crippen molar-refractivity contribution in [3.8, 4) is 34.7 Å². The van der Waals surface area contributed by atoms with Crippen LogP contribution in [0.15, 0.2) is 47.0 Å². The molecular weight excluding hydrogens is 380 g/mol. The summed E-state index contributed by atoms with van der Waals surface area (Å²) < 4.78 is 5.49. The fourth-order valence-corrected chi connectivity index (χ4v) is 3.12. The Labute approximate surface area is 174 Å². The topological polar surface area (TPSA) is 95.6 Å². The molecule has 152 valence electrons. The first-order valence-corrected chi connectivity index (χ1v) is 9.88. The quantitative estimate of drug-likeness (QED) is 0.570. The molecule has 3 aromatic rings. The number of hydrogen-bond donors (Lipinski definition) is 3. The van der Waals surface area contributed by atoms with Gasteiger partial charge in [0.2, 0.25) is 0 Å². The smallest absolute Gasteiger partial charge is 0.275 e. The first-order valence-electron chi connectivity index (χ1n) is 9.88. The highest BCUT2D eigenvalue weighted by Crippen LogP contribution is 2.39. The molecule has 0 aliphatic heterocycles. The highest BCUT2D eigenvalue weighted by atomic mass is 16.5. The van der Waals surface area contributed by atoms with E-state index in [9.17, 15) is 15.0 Å². The third-order valence-corrected chi connectivity index (χ3v) is 4.94. The van der Waals surface area contributed by atoms with Crippen molar-refractivity contribution >= 4 is 5.91 Å². The molecule has 1 fully saturated rings. The van der Waals surface area contributed by atoms with Gasteiger partial charge in [-0.3, -0.25) is 4.79 Å². The number of nitrogens with zero attached hydrogens (tertiary/aromatic N) is 1. The zero-order chi connectivity index (χ0) is 21.3. The molecule has 1 saturated carbocycles. The van der Waals surface area contributed by atoms with Crippen LogP contribution < -0.4 is 5.32 Å². The van der Waals surface area contributed by atoms with Gasteiger partial charge in [-0.1, -0.05) is 49.0 Å². The summed E-state index contributed by atoms with van der Waals surface area (Å²) in [6.45, 7) is 3.86. The van der Waals surface area contributed by atoms with Crippen LogP contribution in [0.2, 0.25) is 0 Å².